The van der Waals surface area contributed by atoms with E-state index in [4.69, 9.17) is 11.6 Å². The molecular formula is C14H15ClN2OS2. The smallest absolute Gasteiger partial charge is 0.220 e. The average Bonchev–Trinajstić information content (AvgIpc) is 2.89. The molecule has 0 fully saturated rings. The number of thioether (sulfide) groups is 1. The molecule has 1 aromatic carbocycles. The molecule has 0 aliphatic rings. The molecule has 106 valence electrons. The van der Waals surface area contributed by atoms with Crippen molar-refractivity contribution in [3.8, 4) is 11.3 Å². The lowest BCUT2D eigenvalue weighted by molar-refractivity contribution is -0.120. The number of aromatic nitrogens is 1. The van der Waals surface area contributed by atoms with E-state index in [0.29, 0.717) is 13.0 Å². The summed E-state index contributed by atoms with van der Waals surface area (Å²) in [5.41, 5.74) is 2.01. The summed E-state index contributed by atoms with van der Waals surface area (Å²) < 4.78 is 0.985. The Morgan fingerprint density at radius 1 is 1.40 bits per heavy atom. The number of hydrogen-bond acceptors (Lipinski definition) is 4. The molecule has 2 rings (SSSR count). The zero-order valence-electron chi connectivity index (χ0n) is 11.1. The molecule has 6 heteroatoms. The maximum atomic E-state index is 11.3. The minimum Gasteiger partial charge on any atom is -0.356 e. The highest BCUT2D eigenvalue weighted by molar-refractivity contribution is 8.01. The molecule has 0 aliphatic heterocycles. The summed E-state index contributed by atoms with van der Waals surface area (Å²) in [7, 11) is 0. The number of carbonyl (C=O) groups is 1. The van der Waals surface area contributed by atoms with Crippen molar-refractivity contribution in [2.45, 2.75) is 17.7 Å². The van der Waals surface area contributed by atoms with Gasteiger partial charge in [-0.3, -0.25) is 4.79 Å². The SMILES string of the molecule is CCNC(=O)CCSc1nc(-c2ccc(Cl)cc2)cs1. The molecule has 0 radical (unpaired) electrons. The number of amides is 1. The van der Waals surface area contributed by atoms with E-state index in [0.717, 1.165) is 26.4 Å². The van der Waals surface area contributed by atoms with Crippen LogP contribution in [-0.2, 0) is 4.79 Å². The van der Waals surface area contributed by atoms with Crippen LogP contribution in [0.4, 0.5) is 0 Å². The lowest BCUT2D eigenvalue weighted by Crippen LogP contribution is -2.22. The van der Waals surface area contributed by atoms with E-state index in [2.05, 4.69) is 10.3 Å². The van der Waals surface area contributed by atoms with Gasteiger partial charge in [0.15, 0.2) is 4.34 Å². The number of carbonyl (C=O) groups excluding carboxylic acids is 1. The molecule has 1 N–H and O–H groups in total. The number of rotatable bonds is 6. The zero-order chi connectivity index (χ0) is 14.4. The van der Waals surface area contributed by atoms with Crippen molar-refractivity contribution in [2.24, 2.45) is 0 Å². The zero-order valence-corrected chi connectivity index (χ0v) is 13.4. The van der Waals surface area contributed by atoms with Crippen LogP contribution in [0.25, 0.3) is 11.3 Å². The molecule has 3 nitrogen and oxygen atoms in total. The van der Waals surface area contributed by atoms with E-state index in [-0.39, 0.29) is 5.91 Å². The number of hydrogen-bond donors (Lipinski definition) is 1. The van der Waals surface area contributed by atoms with Crippen LogP contribution in [0.15, 0.2) is 34.0 Å². The first kappa shape index (κ1) is 15.4. The number of thiazole rings is 1. The van der Waals surface area contributed by atoms with Gasteiger partial charge < -0.3 is 5.32 Å². The van der Waals surface area contributed by atoms with Crippen LogP contribution in [0.5, 0.6) is 0 Å². The van der Waals surface area contributed by atoms with Crippen LogP contribution in [-0.4, -0.2) is 23.2 Å². The third-order valence-electron chi connectivity index (χ3n) is 2.55. The van der Waals surface area contributed by atoms with Gasteiger partial charge in [0.25, 0.3) is 0 Å². The number of nitrogens with one attached hydrogen (secondary N) is 1. The van der Waals surface area contributed by atoms with Gasteiger partial charge in [-0.15, -0.1) is 11.3 Å². The van der Waals surface area contributed by atoms with Crippen molar-refractivity contribution in [1.82, 2.24) is 10.3 Å². The van der Waals surface area contributed by atoms with E-state index in [1.807, 2.05) is 36.6 Å². The molecular weight excluding hydrogens is 312 g/mol. The summed E-state index contributed by atoms with van der Waals surface area (Å²) >= 11 is 9.08. The second-order valence-corrected chi connectivity index (χ2v) is 6.69. The maximum Gasteiger partial charge on any atom is 0.220 e. The first-order valence-electron chi connectivity index (χ1n) is 6.30. The van der Waals surface area contributed by atoms with Crippen LogP contribution in [0.2, 0.25) is 5.02 Å². The molecule has 0 atom stereocenters. The number of halogens is 1. The van der Waals surface area contributed by atoms with Crippen molar-refractivity contribution < 1.29 is 4.79 Å². The molecule has 20 heavy (non-hydrogen) atoms. The molecule has 0 saturated carbocycles. The molecule has 1 heterocycles. The van der Waals surface area contributed by atoms with Gasteiger partial charge in [0, 0.05) is 34.7 Å². The first-order chi connectivity index (χ1) is 9.69. The summed E-state index contributed by atoms with van der Waals surface area (Å²) in [6, 6.07) is 7.64. The first-order valence-corrected chi connectivity index (χ1v) is 8.54. The Morgan fingerprint density at radius 3 is 2.85 bits per heavy atom. The summed E-state index contributed by atoms with van der Waals surface area (Å²) in [5.74, 6) is 0.842. The van der Waals surface area contributed by atoms with Crippen molar-refractivity contribution in [2.75, 3.05) is 12.3 Å². The Kier molecular flexibility index (Phi) is 5.88. The largest absolute Gasteiger partial charge is 0.356 e. The fraction of sp³-hybridized carbons (Fsp3) is 0.286. The minimum absolute atomic E-state index is 0.0921. The van der Waals surface area contributed by atoms with Gasteiger partial charge in [-0.1, -0.05) is 35.5 Å². The molecule has 0 unspecified atom stereocenters. The highest BCUT2D eigenvalue weighted by Crippen LogP contribution is 2.29. The molecule has 0 saturated heterocycles. The molecule has 0 aliphatic carbocycles. The summed E-state index contributed by atoms with van der Waals surface area (Å²) in [6.07, 6.45) is 0.522. The number of benzene rings is 1. The molecule has 1 aromatic heterocycles. The third-order valence-corrected chi connectivity index (χ3v) is 4.83. The lowest BCUT2D eigenvalue weighted by Gasteiger charge is -2.00. The Morgan fingerprint density at radius 2 is 2.15 bits per heavy atom. The van der Waals surface area contributed by atoms with Gasteiger partial charge in [-0.2, -0.15) is 0 Å². The number of nitrogens with zero attached hydrogens (tertiary/aromatic N) is 1. The predicted octanol–water partition coefficient (Wildman–Crippen LogP) is 4.08. The minimum atomic E-state index is 0.0921. The Labute approximate surface area is 131 Å². The standard InChI is InChI=1S/C14H15ClN2OS2/c1-2-16-13(18)7-8-19-14-17-12(9-20-14)10-3-5-11(15)6-4-10/h3-6,9H,2,7-8H2,1H3,(H,16,18). The van der Waals surface area contributed by atoms with E-state index in [1.54, 1.807) is 23.1 Å². The van der Waals surface area contributed by atoms with Crippen molar-refractivity contribution >= 4 is 40.6 Å². The van der Waals surface area contributed by atoms with Crippen LogP contribution in [0, 0.1) is 0 Å². The monoisotopic (exact) mass is 326 g/mol. The third kappa shape index (κ3) is 4.51. The topological polar surface area (TPSA) is 42.0 Å². The Bertz CT molecular complexity index is 569. The fourth-order valence-electron chi connectivity index (χ4n) is 1.59. The highest BCUT2D eigenvalue weighted by Gasteiger charge is 2.06. The summed E-state index contributed by atoms with van der Waals surface area (Å²) in [6.45, 7) is 2.60. The summed E-state index contributed by atoms with van der Waals surface area (Å²) in [4.78, 5) is 15.9. The van der Waals surface area contributed by atoms with Crippen molar-refractivity contribution in [3.05, 3.63) is 34.7 Å². The molecule has 2 aromatic rings. The van der Waals surface area contributed by atoms with Crippen molar-refractivity contribution in [1.29, 1.82) is 0 Å². The van der Waals surface area contributed by atoms with E-state index in [9.17, 15) is 4.79 Å². The van der Waals surface area contributed by atoms with Crippen LogP contribution < -0.4 is 5.32 Å². The predicted molar refractivity (Wildman–Crippen MR) is 86.6 cm³/mol. The molecule has 1 amide bonds. The molecule has 0 spiro atoms. The van der Waals surface area contributed by atoms with Gasteiger partial charge in [-0.25, -0.2) is 4.98 Å². The average molecular weight is 327 g/mol. The van der Waals surface area contributed by atoms with Crippen molar-refractivity contribution in [3.63, 3.8) is 0 Å². The second-order valence-electron chi connectivity index (χ2n) is 4.06. The summed E-state index contributed by atoms with van der Waals surface area (Å²) in [5, 5.41) is 5.53. The van der Waals surface area contributed by atoms with E-state index < -0.39 is 0 Å². The van der Waals surface area contributed by atoms with Gasteiger partial charge in [0.2, 0.25) is 5.91 Å². The lowest BCUT2D eigenvalue weighted by atomic mass is 10.2. The van der Waals surface area contributed by atoms with Gasteiger partial charge >= 0.3 is 0 Å². The van der Waals surface area contributed by atoms with Crippen LogP contribution in [0.1, 0.15) is 13.3 Å². The fourth-order valence-corrected chi connectivity index (χ4v) is 3.56. The van der Waals surface area contributed by atoms with Crippen LogP contribution in [0.3, 0.4) is 0 Å². The Balaban J connectivity index is 1.89. The quantitative estimate of drug-likeness (QED) is 0.813. The van der Waals surface area contributed by atoms with Gasteiger partial charge in [0.1, 0.15) is 0 Å². The van der Waals surface area contributed by atoms with E-state index in [1.165, 1.54) is 0 Å². The van der Waals surface area contributed by atoms with E-state index >= 15 is 0 Å². The van der Waals surface area contributed by atoms with Gasteiger partial charge in [-0.05, 0) is 19.1 Å². The highest BCUT2D eigenvalue weighted by atomic mass is 35.5. The normalized spacial score (nSPS) is 10.5. The Hall–Kier alpha value is -1.04. The second kappa shape index (κ2) is 7.67. The van der Waals surface area contributed by atoms with Crippen LogP contribution >= 0.6 is 34.7 Å². The van der Waals surface area contributed by atoms with Gasteiger partial charge in [0.05, 0.1) is 5.69 Å². The molecule has 0 bridgehead atoms. The maximum absolute atomic E-state index is 11.3.